The van der Waals surface area contributed by atoms with Gasteiger partial charge < -0.3 is 10.1 Å². The van der Waals surface area contributed by atoms with Crippen molar-refractivity contribution < 1.29 is 9.53 Å². The lowest BCUT2D eigenvalue weighted by Crippen LogP contribution is -2.07. The average molecular weight is 270 g/mol. The smallest absolute Gasteiger partial charge is 0.152 e. The van der Waals surface area contributed by atoms with Crippen molar-refractivity contribution in [1.29, 1.82) is 0 Å². The van der Waals surface area contributed by atoms with E-state index in [1.807, 2.05) is 6.08 Å². The molecule has 1 aromatic carbocycles. The van der Waals surface area contributed by atoms with Crippen molar-refractivity contribution in [3.8, 4) is 0 Å². The molecule has 0 atom stereocenters. The molecule has 1 N–H and O–H groups in total. The van der Waals surface area contributed by atoms with Gasteiger partial charge in [0.1, 0.15) is 5.76 Å². The number of carbonyl (C=O) groups is 1. The van der Waals surface area contributed by atoms with Crippen molar-refractivity contribution in [3.05, 3.63) is 34.6 Å². The molecule has 0 unspecified atom stereocenters. The van der Waals surface area contributed by atoms with Crippen LogP contribution in [0.3, 0.4) is 0 Å². The van der Waals surface area contributed by atoms with E-state index in [9.17, 15) is 4.79 Å². The number of rotatable bonds is 4. The number of nitrogens with one attached hydrogen (secondary N) is 1. The molecule has 0 aliphatic carbocycles. The summed E-state index contributed by atoms with van der Waals surface area (Å²) in [5.41, 5.74) is 1.23. The highest BCUT2D eigenvalue weighted by atomic mass is 35.5. The minimum absolute atomic E-state index is 0.516. The molecule has 0 amide bonds. The normalized spacial score (nSPS) is 14.1. The maximum Gasteiger partial charge on any atom is 0.152 e. The summed E-state index contributed by atoms with van der Waals surface area (Å²) in [6, 6.07) is 3.34. The van der Waals surface area contributed by atoms with E-state index >= 15 is 0 Å². The van der Waals surface area contributed by atoms with Crippen molar-refractivity contribution >= 4 is 36.2 Å². The van der Waals surface area contributed by atoms with Crippen LogP contribution >= 0.6 is 24.2 Å². The van der Waals surface area contributed by atoms with E-state index < -0.39 is 0 Å². The van der Waals surface area contributed by atoms with E-state index in [1.54, 1.807) is 12.1 Å². The standard InChI is InChI=1S/C12H12ClNO2S/c13-10-5-11(8(7-15)4-12(10)17)14-6-9-2-1-3-16-9/h2,4-5,7,14,17H,1,3,6H2. The van der Waals surface area contributed by atoms with Gasteiger partial charge in [-0.2, -0.15) is 0 Å². The van der Waals surface area contributed by atoms with E-state index in [2.05, 4.69) is 17.9 Å². The Bertz CT molecular complexity index is 474. The van der Waals surface area contributed by atoms with Crippen LogP contribution in [0.5, 0.6) is 0 Å². The maximum atomic E-state index is 10.9. The number of carbonyl (C=O) groups excluding carboxylic acids is 1. The zero-order valence-electron chi connectivity index (χ0n) is 9.07. The molecule has 1 aromatic rings. The minimum atomic E-state index is 0.516. The lowest BCUT2D eigenvalue weighted by atomic mass is 10.2. The lowest BCUT2D eigenvalue weighted by Gasteiger charge is -2.11. The summed E-state index contributed by atoms with van der Waals surface area (Å²) in [6.07, 6.45) is 3.75. The van der Waals surface area contributed by atoms with E-state index in [0.717, 1.165) is 25.1 Å². The van der Waals surface area contributed by atoms with Gasteiger partial charge in [0.25, 0.3) is 0 Å². The van der Waals surface area contributed by atoms with Crippen molar-refractivity contribution in [2.24, 2.45) is 0 Å². The summed E-state index contributed by atoms with van der Waals surface area (Å²) in [7, 11) is 0. The summed E-state index contributed by atoms with van der Waals surface area (Å²) < 4.78 is 5.36. The van der Waals surface area contributed by atoms with Crippen LogP contribution in [-0.4, -0.2) is 19.4 Å². The highest BCUT2D eigenvalue weighted by Crippen LogP contribution is 2.27. The Kier molecular flexibility index (Phi) is 3.97. The highest BCUT2D eigenvalue weighted by Gasteiger charge is 2.09. The molecule has 5 heteroatoms. The van der Waals surface area contributed by atoms with Crippen LogP contribution < -0.4 is 5.32 Å². The van der Waals surface area contributed by atoms with Gasteiger partial charge in [0.2, 0.25) is 0 Å². The Morgan fingerprint density at radius 2 is 2.35 bits per heavy atom. The van der Waals surface area contributed by atoms with E-state index in [4.69, 9.17) is 16.3 Å². The molecular weight excluding hydrogens is 258 g/mol. The highest BCUT2D eigenvalue weighted by molar-refractivity contribution is 7.80. The Balaban J connectivity index is 2.13. The van der Waals surface area contributed by atoms with Crippen LogP contribution in [0.15, 0.2) is 28.9 Å². The van der Waals surface area contributed by atoms with Crippen molar-refractivity contribution in [3.63, 3.8) is 0 Å². The van der Waals surface area contributed by atoms with Crippen LogP contribution in [-0.2, 0) is 4.74 Å². The van der Waals surface area contributed by atoms with Gasteiger partial charge in [0.05, 0.1) is 18.2 Å². The van der Waals surface area contributed by atoms with E-state index in [0.29, 0.717) is 27.7 Å². The fourth-order valence-electron chi connectivity index (χ4n) is 1.60. The van der Waals surface area contributed by atoms with Crippen LogP contribution in [0.4, 0.5) is 5.69 Å². The van der Waals surface area contributed by atoms with E-state index in [-0.39, 0.29) is 0 Å². The summed E-state index contributed by atoms with van der Waals surface area (Å²) >= 11 is 10.1. The van der Waals surface area contributed by atoms with Crippen LogP contribution in [0.2, 0.25) is 5.02 Å². The van der Waals surface area contributed by atoms with Gasteiger partial charge in [-0.15, -0.1) is 12.6 Å². The molecule has 1 aliphatic rings. The van der Waals surface area contributed by atoms with Crippen LogP contribution in [0, 0.1) is 0 Å². The number of halogens is 1. The predicted molar refractivity (Wildman–Crippen MR) is 71.2 cm³/mol. The second-order valence-corrected chi connectivity index (χ2v) is 4.56. The van der Waals surface area contributed by atoms with Crippen LogP contribution in [0.25, 0.3) is 0 Å². The molecule has 0 saturated carbocycles. The molecule has 1 aliphatic heterocycles. The monoisotopic (exact) mass is 269 g/mol. The molecule has 0 spiro atoms. The molecule has 17 heavy (non-hydrogen) atoms. The third-order valence-electron chi connectivity index (χ3n) is 2.48. The van der Waals surface area contributed by atoms with Gasteiger partial charge in [-0.05, 0) is 18.2 Å². The van der Waals surface area contributed by atoms with Crippen molar-refractivity contribution in [2.75, 3.05) is 18.5 Å². The first-order valence-corrected chi connectivity index (χ1v) is 6.06. The second-order valence-electron chi connectivity index (χ2n) is 3.67. The Hall–Kier alpha value is -1.13. The van der Waals surface area contributed by atoms with E-state index in [1.165, 1.54) is 0 Å². The number of aldehydes is 1. The van der Waals surface area contributed by atoms with Crippen molar-refractivity contribution in [1.82, 2.24) is 0 Å². The first-order chi connectivity index (χ1) is 8.20. The van der Waals surface area contributed by atoms with Gasteiger partial charge in [-0.3, -0.25) is 4.79 Å². The fraction of sp³-hybridized carbons (Fsp3) is 0.250. The molecular formula is C12H12ClNO2S. The van der Waals surface area contributed by atoms with Crippen molar-refractivity contribution in [2.45, 2.75) is 11.3 Å². The third kappa shape index (κ3) is 2.96. The molecule has 0 fully saturated rings. The zero-order valence-corrected chi connectivity index (χ0v) is 10.7. The van der Waals surface area contributed by atoms with Gasteiger partial charge in [0, 0.05) is 22.6 Å². The zero-order chi connectivity index (χ0) is 12.3. The van der Waals surface area contributed by atoms with Gasteiger partial charge in [-0.1, -0.05) is 11.6 Å². The number of thiol groups is 1. The molecule has 0 bridgehead atoms. The summed E-state index contributed by atoms with van der Waals surface area (Å²) in [5, 5.41) is 3.65. The topological polar surface area (TPSA) is 38.3 Å². The summed E-state index contributed by atoms with van der Waals surface area (Å²) in [5.74, 6) is 0.896. The molecule has 3 nitrogen and oxygen atoms in total. The largest absolute Gasteiger partial charge is 0.496 e. The molecule has 2 rings (SSSR count). The molecule has 1 heterocycles. The number of benzene rings is 1. The first kappa shape index (κ1) is 12.3. The summed E-state index contributed by atoms with van der Waals surface area (Å²) in [6.45, 7) is 1.29. The Labute approximate surface area is 110 Å². The SMILES string of the molecule is O=Cc1cc(S)c(Cl)cc1NCC1=CCCO1. The first-order valence-electron chi connectivity index (χ1n) is 5.24. The number of anilines is 1. The quantitative estimate of drug-likeness (QED) is 0.651. The maximum absolute atomic E-state index is 10.9. The Morgan fingerprint density at radius 1 is 1.53 bits per heavy atom. The summed E-state index contributed by atoms with van der Waals surface area (Å²) in [4.78, 5) is 11.5. The van der Waals surface area contributed by atoms with Gasteiger partial charge in [-0.25, -0.2) is 0 Å². The number of ether oxygens (including phenoxy) is 1. The number of hydrogen-bond donors (Lipinski definition) is 2. The predicted octanol–water partition coefficient (Wildman–Crippen LogP) is 3.16. The minimum Gasteiger partial charge on any atom is -0.496 e. The molecule has 90 valence electrons. The molecule has 0 saturated heterocycles. The van der Waals surface area contributed by atoms with Gasteiger partial charge in [0.15, 0.2) is 6.29 Å². The molecule has 0 aromatic heterocycles. The number of hydrogen-bond acceptors (Lipinski definition) is 4. The lowest BCUT2D eigenvalue weighted by molar-refractivity contribution is 0.112. The second kappa shape index (κ2) is 5.47. The Morgan fingerprint density at radius 3 is 3.00 bits per heavy atom. The average Bonchev–Trinajstić information content (AvgIpc) is 2.83. The third-order valence-corrected chi connectivity index (χ3v) is 3.29. The van der Waals surface area contributed by atoms with Gasteiger partial charge >= 0.3 is 0 Å². The fourth-order valence-corrected chi connectivity index (χ4v) is 1.97. The van der Waals surface area contributed by atoms with Crippen LogP contribution in [0.1, 0.15) is 16.8 Å². The molecule has 0 radical (unpaired) electrons.